The van der Waals surface area contributed by atoms with Crippen LogP contribution in [0.5, 0.6) is 0 Å². The molecule has 0 spiro atoms. The molecule has 3 rings (SSSR count). The van der Waals surface area contributed by atoms with Crippen LogP contribution in [0.1, 0.15) is 23.3 Å². The van der Waals surface area contributed by atoms with Gasteiger partial charge in [0.15, 0.2) is 0 Å². The van der Waals surface area contributed by atoms with Gasteiger partial charge in [0.05, 0.1) is 20.8 Å². The van der Waals surface area contributed by atoms with Gasteiger partial charge in [-0.15, -0.1) is 11.8 Å². The first kappa shape index (κ1) is 13.5. The molecule has 2 heterocycles. The van der Waals surface area contributed by atoms with Crippen LogP contribution in [0.25, 0.3) is 10.9 Å². The molecule has 4 nitrogen and oxygen atoms in total. The summed E-state index contributed by atoms with van der Waals surface area (Å²) < 4.78 is 15.5. The molecule has 2 aromatic rings. The average Bonchev–Trinajstić information content (AvgIpc) is 2.39. The third kappa shape index (κ3) is 1.75. The highest BCUT2D eigenvalue weighted by molar-refractivity contribution is 7.99. The Kier molecular flexibility index (Phi) is 3.02. The summed E-state index contributed by atoms with van der Waals surface area (Å²) in [6.07, 6.45) is 1.31. The Balaban J connectivity index is 2.57. The molecule has 7 heteroatoms. The topological polar surface area (TPSA) is 59.3 Å². The number of carbonyl (C=O) groups is 1. The van der Waals surface area contributed by atoms with Crippen LogP contribution in [0.3, 0.4) is 0 Å². The van der Waals surface area contributed by atoms with Gasteiger partial charge < -0.3 is 9.67 Å². The van der Waals surface area contributed by atoms with E-state index in [0.29, 0.717) is 16.2 Å². The van der Waals surface area contributed by atoms with Gasteiger partial charge in [0.1, 0.15) is 11.4 Å². The van der Waals surface area contributed by atoms with Gasteiger partial charge in [-0.3, -0.25) is 4.79 Å². The van der Waals surface area contributed by atoms with E-state index in [1.54, 1.807) is 4.57 Å². The van der Waals surface area contributed by atoms with Crippen molar-refractivity contribution in [2.45, 2.75) is 17.9 Å². The minimum atomic E-state index is -1.32. The van der Waals surface area contributed by atoms with E-state index in [0.717, 1.165) is 6.07 Å². The quantitative estimate of drug-likeness (QED) is 0.878. The third-order valence-electron chi connectivity index (χ3n) is 3.34. The fraction of sp³-hybridized carbons (Fsp3) is 0.231. The van der Waals surface area contributed by atoms with Gasteiger partial charge in [-0.05, 0) is 13.0 Å². The Labute approximate surface area is 122 Å². The van der Waals surface area contributed by atoms with Gasteiger partial charge in [-0.25, -0.2) is 9.18 Å². The lowest BCUT2D eigenvalue weighted by Crippen LogP contribution is -2.23. The normalized spacial score (nSPS) is 17.4. The number of halogens is 2. The summed E-state index contributed by atoms with van der Waals surface area (Å²) in [6.45, 7) is 1.91. The Morgan fingerprint density at radius 3 is 2.95 bits per heavy atom. The summed E-state index contributed by atoms with van der Waals surface area (Å²) in [5.74, 6) is -1.39. The van der Waals surface area contributed by atoms with Crippen molar-refractivity contribution in [3.8, 4) is 0 Å². The number of pyridine rings is 1. The number of nitrogens with zero attached hydrogens (tertiary/aromatic N) is 1. The zero-order valence-electron chi connectivity index (χ0n) is 10.3. The maximum absolute atomic E-state index is 13.8. The summed E-state index contributed by atoms with van der Waals surface area (Å²) in [4.78, 5) is 23.8. The molecule has 0 amide bonds. The predicted octanol–water partition coefficient (Wildman–Crippen LogP) is 3.16. The van der Waals surface area contributed by atoms with Crippen molar-refractivity contribution in [3.63, 3.8) is 0 Å². The zero-order chi connectivity index (χ0) is 14.6. The number of hydrogen-bond donors (Lipinski definition) is 1. The van der Waals surface area contributed by atoms with E-state index in [1.807, 2.05) is 6.92 Å². The molecule has 1 atom stereocenters. The number of hydrogen-bond acceptors (Lipinski definition) is 3. The molecular weight excluding hydrogens is 305 g/mol. The predicted molar refractivity (Wildman–Crippen MR) is 75.6 cm³/mol. The zero-order valence-corrected chi connectivity index (χ0v) is 11.9. The van der Waals surface area contributed by atoms with Crippen LogP contribution in [0.2, 0.25) is 5.02 Å². The van der Waals surface area contributed by atoms with Crippen molar-refractivity contribution < 1.29 is 14.3 Å². The van der Waals surface area contributed by atoms with Crippen LogP contribution < -0.4 is 5.43 Å². The van der Waals surface area contributed by atoms with Crippen molar-refractivity contribution in [2.75, 3.05) is 5.75 Å². The first-order chi connectivity index (χ1) is 9.41. The highest BCUT2D eigenvalue weighted by atomic mass is 35.5. The summed E-state index contributed by atoms with van der Waals surface area (Å²) in [5, 5.41) is 9.14. The van der Waals surface area contributed by atoms with Gasteiger partial charge in [0, 0.05) is 18.0 Å². The summed E-state index contributed by atoms with van der Waals surface area (Å²) in [6, 6.07) is 1.01. The van der Waals surface area contributed by atoms with E-state index in [1.165, 1.54) is 18.0 Å². The Morgan fingerprint density at radius 1 is 1.60 bits per heavy atom. The first-order valence-corrected chi connectivity index (χ1v) is 7.21. The number of aromatic carboxylic acids is 1. The van der Waals surface area contributed by atoms with E-state index < -0.39 is 17.2 Å². The molecular formula is C13H9ClFNO3S. The van der Waals surface area contributed by atoms with E-state index >= 15 is 0 Å². The number of rotatable bonds is 1. The van der Waals surface area contributed by atoms with E-state index in [-0.39, 0.29) is 22.0 Å². The van der Waals surface area contributed by atoms with Gasteiger partial charge in [-0.1, -0.05) is 11.6 Å². The van der Waals surface area contributed by atoms with E-state index in [9.17, 15) is 14.0 Å². The second kappa shape index (κ2) is 4.49. The van der Waals surface area contributed by atoms with Crippen LogP contribution in [0.15, 0.2) is 22.0 Å². The molecule has 0 fully saturated rings. The van der Waals surface area contributed by atoms with Gasteiger partial charge in [0.25, 0.3) is 0 Å². The molecule has 0 saturated heterocycles. The van der Waals surface area contributed by atoms with Crippen LogP contribution in [-0.2, 0) is 0 Å². The highest BCUT2D eigenvalue weighted by Crippen LogP contribution is 2.41. The van der Waals surface area contributed by atoms with E-state index in [2.05, 4.69) is 0 Å². The summed E-state index contributed by atoms with van der Waals surface area (Å²) in [7, 11) is 0. The third-order valence-corrected chi connectivity index (χ3v) is 5.16. The van der Waals surface area contributed by atoms with Crippen molar-refractivity contribution in [1.29, 1.82) is 0 Å². The number of benzene rings is 1. The molecule has 0 bridgehead atoms. The van der Waals surface area contributed by atoms with Gasteiger partial charge >= 0.3 is 5.97 Å². The van der Waals surface area contributed by atoms with Crippen molar-refractivity contribution in [2.24, 2.45) is 0 Å². The number of thioether (sulfide) groups is 1. The van der Waals surface area contributed by atoms with Crippen molar-refractivity contribution >= 4 is 40.2 Å². The standard InChI is InChI=1S/C13H9ClFNO3S/c1-5-4-20-12-9(14)8(15)2-6-10(12)16(5)3-7(11(6)17)13(18)19/h2-3,5H,4H2,1H3,(H,18,19)/t5-/m1/s1. The maximum atomic E-state index is 13.8. The highest BCUT2D eigenvalue weighted by Gasteiger charge is 2.26. The average molecular weight is 314 g/mol. The Hall–Kier alpha value is -1.53. The summed E-state index contributed by atoms with van der Waals surface area (Å²) in [5.41, 5.74) is -0.533. The monoisotopic (exact) mass is 313 g/mol. The molecule has 20 heavy (non-hydrogen) atoms. The molecule has 0 aliphatic carbocycles. The molecule has 0 radical (unpaired) electrons. The molecule has 0 saturated carbocycles. The lowest BCUT2D eigenvalue weighted by atomic mass is 10.1. The van der Waals surface area contributed by atoms with Crippen LogP contribution >= 0.6 is 23.4 Å². The van der Waals surface area contributed by atoms with Gasteiger partial charge in [0.2, 0.25) is 5.43 Å². The second-order valence-electron chi connectivity index (χ2n) is 4.64. The van der Waals surface area contributed by atoms with Crippen LogP contribution in [0, 0.1) is 5.82 Å². The number of carboxylic acid groups (broad SMARTS) is 1. The maximum Gasteiger partial charge on any atom is 0.341 e. The minimum Gasteiger partial charge on any atom is -0.477 e. The molecule has 104 valence electrons. The van der Waals surface area contributed by atoms with Crippen LogP contribution in [0.4, 0.5) is 4.39 Å². The number of carboxylic acids is 1. The Morgan fingerprint density at radius 2 is 2.30 bits per heavy atom. The minimum absolute atomic E-state index is 0.00442. The Bertz CT molecular complexity index is 818. The first-order valence-electron chi connectivity index (χ1n) is 5.84. The van der Waals surface area contributed by atoms with Crippen molar-refractivity contribution in [3.05, 3.63) is 38.9 Å². The smallest absolute Gasteiger partial charge is 0.341 e. The fourth-order valence-corrected chi connectivity index (χ4v) is 3.80. The summed E-state index contributed by atoms with van der Waals surface area (Å²) >= 11 is 7.33. The molecule has 0 unspecified atom stereocenters. The lowest BCUT2D eigenvalue weighted by Gasteiger charge is -2.26. The SMILES string of the molecule is C[C@@H]1CSc2c(Cl)c(F)cc3c(=O)c(C(=O)O)cn1c23. The van der Waals surface area contributed by atoms with Crippen molar-refractivity contribution in [1.82, 2.24) is 4.57 Å². The number of aromatic nitrogens is 1. The molecule has 1 aromatic heterocycles. The molecule has 1 aliphatic rings. The second-order valence-corrected chi connectivity index (χ2v) is 6.05. The van der Waals surface area contributed by atoms with Crippen LogP contribution in [-0.4, -0.2) is 21.4 Å². The largest absolute Gasteiger partial charge is 0.477 e. The molecule has 1 aliphatic heterocycles. The van der Waals surface area contributed by atoms with E-state index in [4.69, 9.17) is 16.7 Å². The fourth-order valence-electron chi connectivity index (χ4n) is 2.35. The lowest BCUT2D eigenvalue weighted by molar-refractivity contribution is 0.0694. The van der Waals surface area contributed by atoms with Gasteiger partial charge in [-0.2, -0.15) is 0 Å². The molecule has 1 aromatic carbocycles. The molecule has 1 N–H and O–H groups in total.